The Balaban J connectivity index is 1.33. The molecule has 0 unspecified atom stereocenters. The zero-order valence-electron chi connectivity index (χ0n) is 18.2. The first-order valence-corrected chi connectivity index (χ1v) is 11.5. The third-order valence-electron chi connectivity index (χ3n) is 6.22. The molecule has 0 bridgehead atoms. The van der Waals surface area contributed by atoms with Crippen LogP contribution in [0.3, 0.4) is 0 Å². The topological polar surface area (TPSA) is 83.1 Å². The second-order valence-corrected chi connectivity index (χ2v) is 9.56. The van der Waals surface area contributed by atoms with Crippen molar-refractivity contribution in [2.24, 2.45) is 5.92 Å². The molecule has 0 radical (unpaired) electrons. The Morgan fingerprint density at radius 1 is 1.13 bits per heavy atom. The number of nitrogens with one attached hydrogen (secondary N) is 1. The minimum atomic E-state index is -0.135. The summed E-state index contributed by atoms with van der Waals surface area (Å²) in [6.45, 7) is 7.10. The van der Waals surface area contributed by atoms with Gasteiger partial charge in [0.05, 0.1) is 5.39 Å². The van der Waals surface area contributed by atoms with E-state index in [1.54, 1.807) is 0 Å². The van der Waals surface area contributed by atoms with E-state index in [0.29, 0.717) is 50.0 Å². The number of likely N-dealkylation sites (tertiary alicyclic amines) is 1. The third kappa shape index (κ3) is 4.46. The highest BCUT2D eigenvalue weighted by Gasteiger charge is 2.28. The predicted molar refractivity (Wildman–Crippen MR) is 123 cm³/mol. The predicted octanol–water partition coefficient (Wildman–Crippen LogP) is 3.96. The van der Waals surface area contributed by atoms with Crippen LogP contribution in [0.1, 0.15) is 51.4 Å². The molecule has 2 aromatic heterocycles. The molecule has 7 heteroatoms. The smallest absolute Gasteiger partial charge is 0.259 e. The van der Waals surface area contributed by atoms with Gasteiger partial charge < -0.3 is 9.88 Å². The summed E-state index contributed by atoms with van der Waals surface area (Å²) in [6, 6.07) is 7.69. The molecule has 1 amide bonds. The highest BCUT2D eigenvalue weighted by Crippen LogP contribution is 2.26. The second kappa shape index (κ2) is 8.75. The maximum Gasteiger partial charge on any atom is 0.259 e. The van der Waals surface area contributed by atoms with E-state index in [2.05, 4.69) is 9.97 Å². The molecule has 1 N–H and O–H groups in total. The standard InChI is InChI=1S/C24H27N3O3S/c1-14-4-6-17(7-5-14)22(29)18-10-12-27(13-11-18)20(28)9-8-19-25-23(30)21-15(2)16(3)31-24(21)26-19/h4-7,18H,8-13H2,1-3H3,(H,25,26,30). The zero-order chi connectivity index (χ0) is 22.1. The van der Waals surface area contributed by atoms with Crippen LogP contribution in [0, 0.1) is 26.7 Å². The van der Waals surface area contributed by atoms with E-state index in [1.165, 1.54) is 11.3 Å². The average Bonchev–Trinajstić information content (AvgIpc) is 3.06. The Hall–Kier alpha value is -2.80. The maximum absolute atomic E-state index is 12.7. The van der Waals surface area contributed by atoms with Crippen molar-refractivity contribution in [1.29, 1.82) is 0 Å². The Morgan fingerprint density at radius 2 is 1.81 bits per heavy atom. The van der Waals surface area contributed by atoms with Gasteiger partial charge in [-0.05, 0) is 39.2 Å². The van der Waals surface area contributed by atoms with Crippen molar-refractivity contribution in [3.05, 3.63) is 62.0 Å². The Labute approximate surface area is 185 Å². The lowest BCUT2D eigenvalue weighted by molar-refractivity contribution is -0.132. The monoisotopic (exact) mass is 437 g/mol. The molecule has 0 saturated carbocycles. The molecular weight excluding hydrogens is 410 g/mol. The van der Waals surface area contributed by atoms with Crippen LogP contribution < -0.4 is 5.56 Å². The first-order valence-electron chi connectivity index (χ1n) is 10.7. The molecule has 1 fully saturated rings. The minimum absolute atomic E-state index is 0.0301. The molecule has 1 aromatic carbocycles. The van der Waals surface area contributed by atoms with Gasteiger partial charge in [-0.2, -0.15) is 0 Å². The van der Waals surface area contributed by atoms with Crippen LogP contribution in [0.5, 0.6) is 0 Å². The summed E-state index contributed by atoms with van der Waals surface area (Å²) in [7, 11) is 0. The van der Waals surface area contributed by atoms with Gasteiger partial charge >= 0.3 is 0 Å². The van der Waals surface area contributed by atoms with E-state index in [1.807, 2.05) is 49.9 Å². The number of thiophene rings is 1. The Morgan fingerprint density at radius 3 is 2.48 bits per heavy atom. The minimum Gasteiger partial charge on any atom is -0.343 e. The SMILES string of the molecule is Cc1ccc(C(=O)C2CCN(C(=O)CCc3nc4sc(C)c(C)c4c(=O)[nH]3)CC2)cc1. The number of nitrogens with zero attached hydrogens (tertiary/aromatic N) is 2. The number of hydrogen-bond donors (Lipinski definition) is 1. The van der Waals surface area contributed by atoms with E-state index in [4.69, 9.17) is 0 Å². The number of Topliss-reactive ketones (excluding diaryl/α,β-unsaturated/α-hetero) is 1. The van der Waals surface area contributed by atoms with Crippen molar-refractivity contribution in [2.75, 3.05) is 13.1 Å². The largest absolute Gasteiger partial charge is 0.343 e. The Kier molecular flexibility index (Phi) is 6.05. The molecule has 0 spiro atoms. The lowest BCUT2D eigenvalue weighted by Crippen LogP contribution is -2.40. The van der Waals surface area contributed by atoms with Crippen molar-refractivity contribution in [1.82, 2.24) is 14.9 Å². The van der Waals surface area contributed by atoms with Crippen LogP contribution in [0.25, 0.3) is 10.2 Å². The fourth-order valence-corrected chi connectivity index (χ4v) is 5.19. The number of aryl methyl sites for hydroxylation is 4. The summed E-state index contributed by atoms with van der Waals surface area (Å²) in [6.07, 6.45) is 2.08. The number of carbonyl (C=O) groups is 2. The number of hydrogen-bond acceptors (Lipinski definition) is 5. The number of rotatable bonds is 5. The van der Waals surface area contributed by atoms with Crippen LogP contribution in [-0.2, 0) is 11.2 Å². The Bertz CT molecular complexity index is 1190. The molecule has 1 aliphatic heterocycles. The summed E-state index contributed by atoms with van der Waals surface area (Å²) in [5.74, 6) is 0.736. The average molecular weight is 438 g/mol. The number of carbonyl (C=O) groups excluding carboxylic acids is 2. The number of piperidine rings is 1. The molecule has 3 aromatic rings. The van der Waals surface area contributed by atoms with Crippen LogP contribution in [0.15, 0.2) is 29.1 Å². The molecule has 4 rings (SSSR count). The lowest BCUT2D eigenvalue weighted by atomic mass is 9.88. The highest BCUT2D eigenvalue weighted by molar-refractivity contribution is 7.18. The summed E-state index contributed by atoms with van der Waals surface area (Å²) in [5, 5.41) is 0.651. The van der Waals surface area contributed by atoms with Gasteiger partial charge in [0, 0.05) is 42.3 Å². The van der Waals surface area contributed by atoms with Crippen LogP contribution >= 0.6 is 11.3 Å². The van der Waals surface area contributed by atoms with Gasteiger partial charge in [0.1, 0.15) is 10.7 Å². The lowest BCUT2D eigenvalue weighted by Gasteiger charge is -2.31. The summed E-state index contributed by atoms with van der Waals surface area (Å²) >= 11 is 1.51. The molecule has 3 heterocycles. The van der Waals surface area contributed by atoms with Gasteiger partial charge in [0.15, 0.2) is 5.78 Å². The quantitative estimate of drug-likeness (QED) is 0.613. The number of amides is 1. The first kappa shape index (κ1) is 21.4. The molecule has 31 heavy (non-hydrogen) atoms. The molecule has 1 aliphatic rings. The van der Waals surface area contributed by atoms with Gasteiger partial charge in [-0.25, -0.2) is 4.98 Å². The zero-order valence-corrected chi connectivity index (χ0v) is 19.0. The molecule has 6 nitrogen and oxygen atoms in total. The van der Waals surface area contributed by atoms with Crippen molar-refractivity contribution in [3.63, 3.8) is 0 Å². The number of ketones is 1. The highest BCUT2D eigenvalue weighted by atomic mass is 32.1. The number of H-pyrrole nitrogens is 1. The van der Waals surface area contributed by atoms with E-state index in [9.17, 15) is 14.4 Å². The van der Waals surface area contributed by atoms with Gasteiger partial charge in [-0.15, -0.1) is 11.3 Å². The van der Waals surface area contributed by atoms with Gasteiger partial charge in [-0.1, -0.05) is 29.8 Å². The second-order valence-electron chi connectivity index (χ2n) is 8.36. The molecule has 0 aliphatic carbocycles. The van der Waals surface area contributed by atoms with Gasteiger partial charge in [0.2, 0.25) is 5.91 Å². The first-order chi connectivity index (χ1) is 14.8. The maximum atomic E-state index is 12.7. The summed E-state index contributed by atoms with van der Waals surface area (Å²) < 4.78 is 0. The molecule has 162 valence electrons. The summed E-state index contributed by atoms with van der Waals surface area (Å²) in [5.41, 5.74) is 2.72. The molecular formula is C24H27N3O3S. The van der Waals surface area contributed by atoms with E-state index < -0.39 is 0 Å². The van der Waals surface area contributed by atoms with Crippen molar-refractivity contribution in [2.45, 2.75) is 46.5 Å². The molecule has 0 atom stereocenters. The van der Waals surface area contributed by atoms with Crippen molar-refractivity contribution in [3.8, 4) is 0 Å². The van der Waals surface area contributed by atoms with Gasteiger partial charge in [0.25, 0.3) is 5.56 Å². The molecule has 1 saturated heterocycles. The number of aromatic nitrogens is 2. The van der Waals surface area contributed by atoms with Crippen LogP contribution in [-0.4, -0.2) is 39.6 Å². The van der Waals surface area contributed by atoms with E-state index in [0.717, 1.165) is 26.4 Å². The van der Waals surface area contributed by atoms with Crippen molar-refractivity contribution >= 4 is 33.2 Å². The van der Waals surface area contributed by atoms with Crippen molar-refractivity contribution < 1.29 is 9.59 Å². The van der Waals surface area contributed by atoms with Gasteiger partial charge in [-0.3, -0.25) is 14.4 Å². The fraction of sp³-hybridized carbons (Fsp3) is 0.417. The normalized spacial score (nSPS) is 14.9. The van der Waals surface area contributed by atoms with E-state index in [-0.39, 0.29) is 23.2 Å². The number of aromatic amines is 1. The number of benzene rings is 1. The fourth-order valence-electron chi connectivity index (χ4n) is 4.15. The van der Waals surface area contributed by atoms with Crippen LogP contribution in [0.4, 0.5) is 0 Å². The third-order valence-corrected chi connectivity index (χ3v) is 7.32. The van der Waals surface area contributed by atoms with Crippen LogP contribution in [0.2, 0.25) is 0 Å². The number of fused-ring (bicyclic) bond motifs is 1. The van der Waals surface area contributed by atoms with E-state index >= 15 is 0 Å². The summed E-state index contributed by atoms with van der Waals surface area (Å²) in [4.78, 5) is 48.8.